The van der Waals surface area contributed by atoms with Gasteiger partial charge < -0.3 is 15.0 Å². The predicted molar refractivity (Wildman–Crippen MR) is 84.9 cm³/mol. The van der Waals surface area contributed by atoms with Crippen molar-refractivity contribution in [2.75, 3.05) is 6.54 Å². The third-order valence-corrected chi connectivity index (χ3v) is 4.38. The van der Waals surface area contributed by atoms with Crippen LogP contribution in [-0.2, 0) is 19.5 Å². The fourth-order valence-electron chi connectivity index (χ4n) is 3.03. The van der Waals surface area contributed by atoms with E-state index in [-0.39, 0.29) is 5.91 Å². The van der Waals surface area contributed by atoms with Crippen LogP contribution in [-0.4, -0.2) is 36.9 Å². The van der Waals surface area contributed by atoms with Crippen molar-refractivity contribution in [3.63, 3.8) is 0 Å². The molecule has 23 heavy (non-hydrogen) atoms. The van der Waals surface area contributed by atoms with Crippen molar-refractivity contribution < 1.29 is 4.79 Å². The summed E-state index contributed by atoms with van der Waals surface area (Å²) in [6.07, 6.45) is 4.46. The predicted octanol–water partition coefficient (Wildman–Crippen LogP) is 1.02. The van der Waals surface area contributed by atoms with Crippen LogP contribution in [0, 0.1) is 6.92 Å². The molecule has 4 heterocycles. The van der Waals surface area contributed by atoms with Gasteiger partial charge in [-0.25, -0.2) is 4.98 Å². The number of fused-ring (bicyclic) bond motifs is 2. The number of H-pyrrole nitrogens is 1. The summed E-state index contributed by atoms with van der Waals surface area (Å²) >= 11 is 0. The lowest BCUT2D eigenvalue weighted by atomic mass is 10.1. The van der Waals surface area contributed by atoms with Crippen LogP contribution in [0.25, 0.3) is 5.65 Å². The maximum Gasteiger partial charge on any atom is 0.274 e. The first-order valence-electron chi connectivity index (χ1n) is 7.65. The Morgan fingerprint density at radius 2 is 2.26 bits per heavy atom. The molecule has 4 rings (SSSR count). The zero-order chi connectivity index (χ0) is 16.0. The quantitative estimate of drug-likeness (QED) is 0.739. The third-order valence-electron chi connectivity index (χ3n) is 4.38. The summed E-state index contributed by atoms with van der Waals surface area (Å²) < 4.78 is 1.86. The highest BCUT2D eigenvalue weighted by Gasteiger charge is 2.26. The van der Waals surface area contributed by atoms with Gasteiger partial charge in [0, 0.05) is 49.7 Å². The average molecular weight is 310 g/mol. The van der Waals surface area contributed by atoms with Gasteiger partial charge in [0.05, 0.1) is 5.69 Å². The van der Waals surface area contributed by atoms with E-state index in [2.05, 4.69) is 15.2 Å². The highest BCUT2D eigenvalue weighted by atomic mass is 16.2. The van der Waals surface area contributed by atoms with E-state index in [9.17, 15) is 4.79 Å². The van der Waals surface area contributed by atoms with Gasteiger partial charge in [0.25, 0.3) is 5.91 Å². The fourth-order valence-corrected chi connectivity index (χ4v) is 3.03. The minimum atomic E-state index is -0.0470. The highest BCUT2D eigenvalue weighted by Crippen LogP contribution is 2.21. The molecule has 0 atom stereocenters. The van der Waals surface area contributed by atoms with Gasteiger partial charge in [-0.1, -0.05) is 6.07 Å². The Hall–Kier alpha value is -2.67. The standard InChI is InChI=1S/C16H18N6O/c1-10-12-8-21(5-4-13(12)20-19-10)16(23)14-9-22-7-11(6-17)2-3-15(22)18-14/h2-3,7,9H,4-6,8,17H2,1H3,(H,19,20). The molecule has 3 aromatic rings. The zero-order valence-electron chi connectivity index (χ0n) is 12.9. The molecule has 0 aliphatic carbocycles. The Bertz CT molecular complexity index is 893. The van der Waals surface area contributed by atoms with Crippen LogP contribution in [0.4, 0.5) is 0 Å². The third kappa shape index (κ3) is 2.29. The lowest BCUT2D eigenvalue weighted by Gasteiger charge is -2.26. The molecule has 1 aliphatic heterocycles. The second-order valence-electron chi connectivity index (χ2n) is 5.88. The molecule has 0 bridgehead atoms. The number of pyridine rings is 1. The van der Waals surface area contributed by atoms with E-state index < -0.39 is 0 Å². The number of nitrogens with one attached hydrogen (secondary N) is 1. The van der Waals surface area contributed by atoms with Gasteiger partial charge in [0.2, 0.25) is 0 Å². The van der Waals surface area contributed by atoms with Crippen LogP contribution in [0.2, 0.25) is 0 Å². The molecule has 3 aromatic heterocycles. The van der Waals surface area contributed by atoms with E-state index in [0.717, 1.165) is 34.6 Å². The molecule has 7 nitrogen and oxygen atoms in total. The first kappa shape index (κ1) is 14.0. The van der Waals surface area contributed by atoms with Gasteiger partial charge in [0.1, 0.15) is 11.3 Å². The number of imidazole rings is 1. The summed E-state index contributed by atoms with van der Waals surface area (Å²) in [4.78, 5) is 19.0. The minimum Gasteiger partial charge on any atom is -0.332 e. The summed E-state index contributed by atoms with van der Waals surface area (Å²) in [7, 11) is 0. The van der Waals surface area contributed by atoms with Crippen molar-refractivity contribution in [2.45, 2.75) is 26.4 Å². The zero-order valence-corrected chi connectivity index (χ0v) is 12.9. The Labute approximate surface area is 133 Å². The van der Waals surface area contributed by atoms with Crippen molar-refractivity contribution in [3.05, 3.63) is 52.7 Å². The molecular formula is C16H18N6O. The average Bonchev–Trinajstić information content (AvgIpc) is 3.17. The van der Waals surface area contributed by atoms with Gasteiger partial charge in [-0.2, -0.15) is 5.10 Å². The molecule has 0 fully saturated rings. The number of amides is 1. The van der Waals surface area contributed by atoms with Gasteiger partial charge >= 0.3 is 0 Å². The van der Waals surface area contributed by atoms with E-state index >= 15 is 0 Å². The van der Waals surface area contributed by atoms with Gasteiger partial charge in [0.15, 0.2) is 0 Å². The first-order chi connectivity index (χ1) is 11.2. The molecule has 1 amide bonds. The second-order valence-corrected chi connectivity index (χ2v) is 5.88. The Balaban J connectivity index is 1.63. The largest absolute Gasteiger partial charge is 0.332 e. The second kappa shape index (κ2) is 5.20. The summed E-state index contributed by atoms with van der Waals surface area (Å²) in [6, 6.07) is 3.81. The SMILES string of the molecule is Cc1[nH]nc2c1CN(C(=O)c1cn3cc(CN)ccc3n1)CC2. The number of nitrogens with two attached hydrogens (primary N) is 1. The van der Waals surface area contributed by atoms with Crippen LogP contribution in [0.3, 0.4) is 0 Å². The fraction of sp³-hybridized carbons (Fsp3) is 0.312. The maximum atomic E-state index is 12.8. The molecule has 0 aromatic carbocycles. The summed E-state index contributed by atoms with van der Waals surface area (Å²) in [5, 5.41) is 7.28. The Morgan fingerprint density at radius 1 is 1.39 bits per heavy atom. The number of hydrogen-bond donors (Lipinski definition) is 2. The number of hydrogen-bond acceptors (Lipinski definition) is 4. The molecule has 7 heteroatoms. The monoisotopic (exact) mass is 310 g/mol. The van der Waals surface area contributed by atoms with E-state index in [1.54, 1.807) is 6.20 Å². The number of aromatic nitrogens is 4. The first-order valence-corrected chi connectivity index (χ1v) is 7.65. The molecular weight excluding hydrogens is 292 g/mol. The number of aromatic amines is 1. The molecule has 1 aliphatic rings. The van der Waals surface area contributed by atoms with Crippen molar-refractivity contribution in [3.8, 4) is 0 Å². The Kier molecular flexibility index (Phi) is 3.16. The van der Waals surface area contributed by atoms with Crippen molar-refractivity contribution in [1.29, 1.82) is 0 Å². The van der Waals surface area contributed by atoms with Crippen molar-refractivity contribution in [1.82, 2.24) is 24.5 Å². The van der Waals surface area contributed by atoms with Crippen LogP contribution >= 0.6 is 0 Å². The number of carbonyl (C=O) groups is 1. The summed E-state index contributed by atoms with van der Waals surface area (Å²) in [5.74, 6) is -0.0470. The number of rotatable bonds is 2. The van der Waals surface area contributed by atoms with Gasteiger partial charge in [-0.15, -0.1) is 0 Å². The van der Waals surface area contributed by atoms with Gasteiger partial charge in [-0.05, 0) is 18.6 Å². The lowest BCUT2D eigenvalue weighted by molar-refractivity contribution is 0.0729. The van der Waals surface area contributed by atoms with Crippen molar-refractivity contribution >= 4 is 11.6 Å². The molecule has 0 unspecified atom stereocenters. The Morgan fingerprint density at radius 3 is 3.09 bits per heavy atom. The summed E-state index contributed by atoms with van der Waals surface area (Å²) in [5.41, 5.74) is 11.1. The van der Waals surface area contributed by atoms with E-state index in [4.69, 9.17) is 5.73 Å². The highest BCUT2D eigenvalue weighted by molar-refractivity contribution is 5.93. The molecule has 3 N–H and O–H groups in total. The molecule has 118 valence electrons. The minimum absolute atomic E-state index is 0.0470. The normalized spacial score (nSPS) is 14.3. The number of nitrogens with zero attached hydrogens (tertiary/aromatic N) is 4. The lowest BCUT2D eigenvalue weighted by Crippen LogP contribution is -2.36. The summed E-state index contributed by atoms with van der Waals surface area (Å²) in [6.45, 7) is 3.70. The van der Waals surface area contributed by atoms with E-state index in [1.165, 1.54) is 0 Å². The number of aryl methyl sites for hydroxylation is 1. The van der Waals surface area contributed by atoms with E-state index in [1.807, 2.05) is 34.6 Å². The van der Waals surface area contributed by atoms with Crippen LogP contribution in [0.5, 0.6) is 0 Å². The van der Waals surface area contributed by atoms with Gasteiger partial charge in [-0.3, -0.25) is 9.89 Å². The van der Waals surface area contributed by atoms with Crippen LogP contribution in [0.1, 0.15) is 33.0 Å². The van der Waals surface area contributed by atoms with Crippen molar-refractivity contribution in [2.24, 2.45) is 5.73 Å². The maximum absolute atomic E-state index is 12.8. The van der Waals surface area contributed by atoms with Crippen LogP contribution < -0.4 is 5.73 Å². The number of carbonyl (C=O) groups excluding carboxylic acids is 1. The van der Waals surface area contributed by atoms with Crippen LogP contribution in [0.15, 0.2) is 24.5 Å². The van der Waals surface area contributed by atoms with E-state index in [0.29, 0.717) is 25.3 Å². The molecule has 0 saturated heterocycles. The molecule has 0 saturated carbocycles. The topological polar surface area (TPSA) is 92.3 Å². The molecule has 0 spiro atoms. The molecule has 0 radical (unpaired) electrons. The smallest absolute Gasteiger partial charge is 0.274 e.